The highest BCUT2D eigenvalue weighted by atomic mass is 19.2. The first-order valence-electron chi connectivity index (χ1n) is 9.94. The number of carbonyl (C=O) groups is 1. The number of allylic oxidation sites excluding steroid dienone is 2. The minimum atomic E-state index is -0.164. The standard InChI is InChI=1S/C20H31FN4O/c1-4-7-18(24-10-6-9-23(3)12-13-24)19-15(5-2)20(26)16-14-25(21)11-8-17(16)22-19/h8,11,14-15,18-19H,4-7,9-10,12-13H2,1-3H3. The average Bonchev–Trinajstić information content (AvgIpc) is 2.85. The number of nitrogens with zero attached hydrogens (tertiary/aromatic N) is 4. The molecule has 0 radical (unpaired) electrons. The van der Waals surface area contributed by atoms with Gasteiger partial charge >= 0.3 is 0 Å². The molecule has 3 atom stereocenters. The number of rotatable bonds is 5. The monoisotopic (exact) mass is 362 g/mol. The molecule has 1 saturated heterocycles. The first-order valence-corrected chi connectivity index (χ1v) is 9.94. The molecule has 0 N–H and O–H groups in total. The fraction of sp³-hybridized carbons (Fsp3) is 0.700. The van der Waals surface area contributed by atoms with Crippen molar-refractivity contribution in [3.05, 3.63) is 24.0 Å². The summed E-state index contributed by atoms with van der Waals surface area (Å²) in [5.74, 6) is -0.120. The normalized spacial score (nSPS) is 29.1. The molecule has 26 heavy (non-hydrogen) atoms. The number of likely N-dealkylation sites (N-methyl/N-ethyl adjacent to an activating group) is 1. The van der Waals surface area contributed by atoms with E-state index in [2.05, 4.69) is 23.8 Å². The molecule has 1 fully saturated rings. The zero-order valence-electron chi connectivity index (χ0n) is 16.2. The average molecular weight is 362 g/mol. The van der Waals surface area contributed by atoms with Crippen molar-refractivity contribution in [1.29, 1.82) is 0 Å². The molecule has 3 aliphatic rings. The van der Waals surface area contributed by atoms with Crippen LogP contribution in [0.5, 0.6) is 0 Å². The van der Waals surface area contributed by atoms with E-state index in [1.54, 1.807) is 6.08 Å². The number of fused-ring (bicyclic) bond motifs is 1. The van der Waals surface area contributed by atoms with Crippen molar-refractivity contribution in [3.8, 4) is 0 Å². The van der Waals surface area contributed by atoms with Crippen LogP contribution in [0.4, 0.5) is 4.48 Å². The molecule has 0 amide bonds. The van der Waals surface area contributed by atoms with E-state index in [1.807, 2.05) is 6.92 Å². The van der Waals surface area contributed by atoms with E-state index in [-0.39, 0.29) is 23.8 Å². The molecule has 0 saturated carbocycles. The minimum Gasteiger partial charge on any atom is -0.305 e. The van der Waals surface area contributed by atoms with E-state index in [0.29, 0.717) is 16.4 Å². The van der Waals surface area contributed by atoms with Crippen molar-refractivity contribution in [2.45, 2.75) is 51.6 Å². The van der Waals surface area contributed by atoms with Crippen LogP contribution in [0, 0.1) is 5.92 Å². The SMILES string of the molecule is CCCC(C1N=C2C=CN(F)C=C2C(=O)C1CC)N1CCCN(C)CC1. The summed E-state index contributed by atoms with van der Waals surface area (Å²) in [6, 6.07) is 0.227. The molecule has 5 nitrogen and oxygen atoms in total. The smallest absolute Gasteiger partial charge is 0.171 e. The van der Waals surface area contributed by atoms with Gasteiger partial charge in [-0.3, -0.25) is 14.7 Å². The number of ketones is 1. The highest BCUT2D eigenvalue weighted by Crippen LogP contribution is 2.32. The second kappa shape index (κ2) is 8.44. The number of carbonyl (C=O) groups excluding carboxylic acids is 1. The lowest BCUT2D eigenvalue weighted by atomic mass is 9.79. The van der Waals surface area contributed by atoms with Crippen LogP contribution in [-0.4, -0.2) is 71.7 Å². The molecule has 3 rings (SSSR count). The zero-order chi connectivity index (χ0) is 18.7. The molecule has 0 aliphatic carbocycles. The Bertz CT molecular complexity index is 615. The van der Waals surface area contributed by atoms with Crippen molar-refractivity contribution in [1.82, 2.24) is 14.9 Å². The zero-order valence-corrected chi connectivity index (χ0v) is 16.2. The van der Waals surface area contributed by atoms with Gasteiger partial charge in [0.1, 0.15) is 0 Å². The van der Waals surface area contributed by atoms with E-state index >= 15 is 0 Å². The Kier molecular flexibility index (Phi) is 6.24. The van der Waals surface area contributed by atoms with Gasteiger partial charge < -0.3 is 4.90 Å². The van der Waals surface area contributed by atoms with Gasteiger partial charge in [-0.1, -0.05) is 24.7 Å². The van der Waals surface area contributed by atoms with E-state index < -0.39 is 0 Å². The topological polar surface area (TPSA) is 39.2 Å². The van der Waals surface area contributed by atoms with Crippen LogP contribution in [0.3, 0.4) is 0 Å². The quantitative estimate of drug-likeness (QED) is 0.705. The molecule has 0 aromatic carbocycles. The van der Waals surface area contributed by atoms with Crippen molar-refractivity contribution in [2.24, 2.45) is 10.9 Å². The summed E-state index contributed by atoms with van der Waals surface area (Å²) in [4.78, 5) is 22.9. The van der Waals surface area contributed by atoms with E-state index in [1.165, 1.54) is 12.4 Å². The summed E-state index contributed by atoms with van der Waals surface area (Å²) in [5.41, 5.74) is 1.07. The summed E-state index contributed by atoms with van der Waals surface area (Å²) in [6.07, 6.45) is 8.22. The number of Topliss-reactive ketones (excluding diaryl/α,β-unsaturated/α-hetero) is 1. The lowest BCUT2D eigenvalue weighted by molar-refractivity contribution is -0.120. The van der Waals surface area contributed by atoms with Crippen molar-refractivity contribution in [2.75, 3.05) is 33.2 Å². The number of hydrogen-bond donors (Lipinski definition) is 0. The van der Waals surface area contributed by atoms with E-state index in [4.69, 9.17) is 4.99 Å². The van der Waals surface area contributed by atoms with Crippen LogP contribution >= 0.6 is 0 Å². The van der Waals surface area contributed by atoms with Gasteiger partial charge in [0.2, 0.25) is 0 Å². The maximum atomic E-state index is 13.6. The first-order chi connectivity index (χ1) is 12.5. The Morgan fingerprint density at radius 2 is 2.08 bits per heavy atom. The minimum absolute atomic E-state index is 0.0428. The number of hydrogen-bond acceptors (Lipinski definition) is 5. The third kappa shape index (κ3) is 3.91. The van der Waals surface area contributed by atoms with Gasteiger partial charge in [0.25, 0.3) is 0 Å². The Morgan fingerprint density at radius 3 is 2.81 bits per heavy atom. The molecular formula is C20H31FN4O. The molecule has 0 aromatic heterocycles. The molecule has 6 heteroatoms. The fourth-order valence-electron chi connectivity index (χ4n) is 4.42. The van der Waals surface area contributed by atoms with Gasteiger partial charge in [0, 0.05) is 31.2 Å². The highest BCUT2D eigenvalue weighted by molar-refractivity contribution is 6.28. The summed E-state index contributed by atoms with van der Waals surface area (Å²) in [7, 11) is 2.17. The number of aliphatic imine (C=N–C) groups is 1. The summed E-state index contributed by atoms with van der Waals surface area (Å²) >= 11 is 0. The summed E-state index contributed by atoms with van der Waals surface area (Å²) in [5, 5.41) is 0.452. The fourth-order valence-corrected chi connectivity index (χ4v) is 4.42. The van der Waals surface area contributed by atoms with Gasteiger partial charge in [-0.05, 0) is 45.5 Å². The van der Waals surface area contributed by atoms with Gasteiger partial charge in [0.05, 0.1) is 23.5 Å². The van der Waals surface area contributed by atoms with Gasteiger partial charge in [-0.2, -0.15) is 5.12 Å². The van der Waals surface area contributed by atoms with Gasteiger partial charge in [0.15, 0.2) is 5.78 Å². The molecule has 0 spiro atoms. The predicted molar refractivity (Wildman–Crippen MR) is 103 cm³/mol. The highest BCUT2D eigenvalue weighted by Gasteiger charge is 2.41. The van der Waals surface area contributed by atoms with Crippen molar-refractivity contribution < 1.29 is 9.28 Å². The number of halogens is 1. The third-order valence-electron chi connectivity index (χ3n) is 5.85. The summed E-state index contributed by atoms with van der Waals surface area (Å²) < 4.78 is 13.6. The second-order valence-corrected chi connectivity index (χ2v) is 7.64. The Hall–Kier alpha value is -1.53. The maximum absolute atomic E-state index is 13.6. The predicted octanol–water partition coefficient (Wildman–Crippen LogP) is 2.81. The third-order valence-corrected chi connectivity index (χ3v) is 5.85. The molecule has 0 bridgehead atoms. The molecular weight excluding hydrogens is 331 g/mol. The van der Waals surface area contributed by atoms with Crippen LogP contribution < -0.4 is 0 Å². The molecule has 3 heterocycles. The molecule has 3 unspecified atom stereocenters. The van der Waals surface area contributed by atoms with Crippen LogP contribution in [0.1, 0.15) is 39.5 Å². The largest absolute Gasteiger partial charge is 0.305 e. The second-order valence-electron chi connectivity index (χ2n) is 7.64. The van der Waals surface area contributed by atoms with Crippen molar-refractivity contribution >= 4 is 11.5 Å². The van der Waals surface area contributed by atoms with Crippen LogP contribution in [0.15, 0.2) is 29.0 Å². The van der Waals surface area contributed by atoms with Gasteiger partial charge in [-0.15, -0.1) is 0 Å². The molecule has 144 valence electrons. The Morgan fingerprint density at radius 1 is 1.27 bits per heavy atom. The van der Waals surface area contributed by atoms with Crippen LogP contribution in [0.2, 0.25) is 0 Å². The first kappa shape index (κ1) is 19.2. The maximum Gasteiger partial charge on any atom is 0.171 e. The lowest BCUT2D eigenvalue weighted by Crippen LogP contribution is -2.51. The lowest BCUT2D eigenvalue weighted by Gasteiger charge is -2.40. The van der Waals surface area contributed by atoms with E-state index in [9.17, 15) is 9.28 Å². The van der Waals surface area contributed by atoms with Crippen molar-refractivity contribution in [3.63, 3.8) is 0 Å². The summed E-state index contributed by atoms with van der Waals surface area (Å²) in [6.45, 7) is 8.48. The van der Waals surface area contributed by atoms with Crippen LogP contribution in [-0.2, 0) is 4.79 Å². The van der Waals surface area contributed by atoms with Gasteiger partial charge in [-0.25, -0.2) is 0 Å². The Balaban J connectivity index is 1.92. The van der Waals surface area contributed by atoms with E-state index in [0.717, 1.165) is 51.9 Å². The molecule has 3 aliphatic heterocycles. The Labute approximate surface area is 156 Å². The van der Waals surface area contributed by atoms with Crippen LogP contribution in [0.25, 0.3) is 0 Å². The molecule has 0 aromatic rings.